The third kappa shape index (κ3) is 20.0. The van der Waals surface area contributed by atoms with Crippen LogP contribution in [0.3, 0.4) is 0 Å². The van der Waals surface area contributed by atoms with Crippen molar-refractivity contribution >= 4 is 14.3 Å². The molecule has 0 amide bonds. The number of hydrogen-bond acceptors (Lipinski definition) is 3. The van der Waals surface area contributed by atoms with Crippen molar-refractivity contribution in [3.63, 3.8) is 0 Å². The van der Waals surface area contributed by atoms with Gasteiger partial charge in [0.05, 0.1) is 6.61 Å². The molecular weight excluding hydrogens is 412 g/mol. The standard InChI is InChI=1S/C28H56O3Si/c1-27(29)30-25-23-21-19-17-15-13-11-9-7-8-10-12-14-16-18-20-22-24-26-31-32(5,6)28(2,3)4/h9,11H,7-8,10,12-26H2,1-6H3/b11-9-. The number of rotatable bonds is 21. The molecule has 190 valence electrons. The van der Waals surface area contributed by atoms with Crippen molar-refractivity contribution in [3.05, 3.63) is 12.2 Å². The predicted molar refractivity (Wildman–Crippen MR) is 143 cm³/mol. The lowest BCUT2D eigenvalue weighted by atomic mass is 10.1. The molecule has 0 fully saturated rings. The molecule has 0 radical (unpaired) electrons. The molecule has 0 aromatic carbocycles. The van der Waals surface area contributed by atoms with E-state index in [2.05, 4.69) is 46.0 Å². The summed E-state index contributed by atoms with van der Waals surface area (Å²) in [6.45, 7) is 14.7. The Morgan fingerprint density at radius 3 is 1.44 bits per heavy atom. The van der Waals surface area contributed by atoms with E-state index < -0.39 is 8.32 Å². The minimum atomic E-state index is -1.54. The van der Waals surface area contributed by atoms with Gasteiger partial charge in [0.2, 0.25) is 0 Å². The summed E-state index contributed by atoms with van der Waals surface area (Å²) in [5, 5.41) is 0.331. The van der Waals surface area contributed by atoms with E-state index in [9.17, 15) is 4.79 Å². The fourth-order valence-electron chi connectivity index (χ4n) is 3.49. The summed E-state index contributed by atoms with van der Waals surface area (Å²) in [6, 6.07) is 0. The molecule has 0 rings (SSSR count). The lowest BCUT2D eigenvalue weighted by molar-refractivity contribution is -0.141. The zero-order valence-corrected chi connectivity index (χ0v) is 23.6. The Morgan fingerprint density at radius 2 is 1.03 bits per heavy atom. The van der Waals surface area contributed by atoms with Crippen molar-refractivity contribution in [3.8, 4) is 0 Å². The molecule has 0 saturated carbocycles. The molecule has 0 N–H and O–H groups in total. The second kappa shape index (κ2) is 19.8. The van der Waals surface area contributed by atoms with Crippen LogP contribution >= 0.6 is 0 Å². The van der Waals surface area contributed by atoms with Crippen molar-refractivity contribution in [1.82, 2.24) is 0 Å². The van der Waals surface area contributed by atoms with E-state index in [1.165, 1.54) is 103 Å². The van der Waals surface area contributed by atoms with Gasteiger partial charge in [-0.25, -0.2) is 0 Å². The molecule has 0 spiro atoms. The Balaban J connectivity index is 3.25. The summed E-state index contributed by atoms with van der Waals surface area (Å²) in [6.07, 6.45) is 25.5. The maximum absolute atomic E-state index is 10.7. The predicted octanol–water partition coefficient (Wildman–Crippen LogP) is 9.37. The second-order valence-corrected chi connectivity index (χ2v) is 15.8. The highest BCUT2D eigenvalue weighted by atomic mass is 28.4. The summed E-state index contributed by atoms with van der Waals surface area (Å²) in [7, 11) is -1.54. The van der Waals surface area contributed by atoms with Crippen molar-refractivity contribution in [2.75, 3.05) is 13.2 Å². The first-order chi connectivity index (χ1) is 15.2. The van der Waals surface area contributed by atoms with Gasteiger partial charge in [-0.05, 0) is 56.7 Å². The van der Waals surface area contributed by atoms with Gasteiger partial charge in [-0.3, -0.25) is 4.79 Å². The highest BCUT2D eigenvalue weighted by Crippen LogP contribution is 2.36. The molecule has 0 bridgehead atoms. The molecule has 0 aliphatic heterocycles. The monoisotopic (exact) mass is 468 g/mol. The van der Waals surface area contributed by atoms with Crippen LogP contribution in [0.2, 0.25) is 18.1 Å². The normalized spacial score (nSPS) is 12.6. The second-order valence-electron chi connectivity index (χ2n) is 10.9. The Kier molecular flexibility index (Phi) is 19.4. The molecule has 0 atom stereocenters. The van der Waals surface area contributed by atoms with Crippen molar-refractivity contribution < 1.29 is 14.0 Å². The Morgan fingerprint density at radius 1 is 0.656 bits per heavy atom. The highest BCUT2D eigenvalue weighted by molar-refractivity contribution is 6.74. The fraction of sp³-hybridized carbons (Fsp3) is 0.893. The Labute approximate surface area is 202 Å². The van der Waals surface area contributed by atoms with E-state index in [1.54, 1.807) is 0 Å². The van der Waals surface area contributed by atoms with Gasteiger partial charge in [0.1, 0.15) is 0 Å². The van der Waals surface area contributed by atoms with Crippen molar-refractivity contribution in [1.29, 1.82) is 0 Å². The van der Waals surface area contributed by atoms with Crippen LogP contribution < -0.4 is 0 Å². The highest BCUT2D eigenvalue weighted by Gasteiger charge is 2.36. The summed E-state index contributed by atoms with van der Waals surface area (Å²) in [4.78, 5) is 10.7. The van der Waals surface area contributed by atoms with Gasteiger partial charge >= 0.3 is 5.97 Å². The van der Waals surface area contributed by atoms with Crippen LogP contribution in [0, 0.1) is 0 Å². The summed E-state index contributed by atoms with van der Waals surface area (Å²) in [5.74, 6) is -0.163. The van der Waals surface area contributed by atoms with Crippen LogP contribution in [0.15, 0.2) is 12.2 Å². The minimum absolute atomic E-state index is 0.163. The van der Waals surface area contributed by atoms with E-state index in [0.717, 1.165) is 13.0 Å². The maximum Gasteiger partial charge on any atom is 0.302 e. The third-order valence-corrected chi connectivity index (χ3v) is 11.3. The topological polar surface area (TPSA) is 35.5 Å². The first-order valence-corrected chi connectivity index (χ1v) is 16.5. The number of ether oxygens (including phenoxy) is 1. The van der Waals surface area contributed by atoms with Gasteiger partial charge < -0.3 is 9.16 Å². The fourth-order valence-corrected chi connectivity index (χ4v) is 4.58. The average Bonchev–Trinajstić information content (AvgIpc) is 2.70. The molecule has 4 heteroatoms. The quantitative estimate of drug-likeness (QED) is 0.0728. The molecule has 32 heavy (non-hydrogen) atoms. The van der Waals surface area contributed by atoms with Crippen LogP contribution in [0.25, 0.3) is 0 Å². The van der Waals surface area contributed by atoms with Gasteiger partial charge in [-0.2, -0.15) is 0 Å². The van der Waals surface area contributed by atoms with E-state index in [0.29, 0.717) is 11.6 Å². The van der Waals surface area contributed by atoms with Crippen LogP contribution in [0.1, 0.15) is 130 Å². The Bertz CT molecular complexity index is 466. The molecule has 3 nitrogen and oxygen atoms in total. The van der Waals surface area contributed by atoms with E-state index >= 15 is 0 Å². The largest absolute Gasteiger partial charge is 0.466 e. The van der Waals surface area contributed by atoms with Gasteiger partial charge in [0.15, 0.2) is 8.32 Å². The van der Waals surface area contributed by atoms with Crippen molar-refractivity contribution in [2.45, 2.75) is 149 Å². The zero-order chi connectivity index (χ0) is 24.1. The lowest BCUT2D eigenvalue weighted by Crippen LogP contribution is -2.40. The molecule has 0 aromatic rings. The number of esters is 1. The average molecular weight is 469 g/mol. The Hall–Kier alpha value is -0.613. The molecule has 0 unspecified atom stereocenters. The van der Waals surface area contributed by atoms with E-state index in [4.69, 9.17) is 9.16 Å². The van der Waals surface area contributed by atoms with Crippen LogP contribution in [0.5, 0.6) is 0 Å². The number of hydrogen-bond donors (Lipinski definition) is 0. The lowest BCUT2D eigenvalue weighted by Gasteiger charge is -2.36. The van der Waals surface area contributed by atoms with Crippen molar-refractivity contribution in [2.24, 2.45) is 0 Å². The van der Waals surface area contributed by atoms with Crippen LogP contribution in [-0.2, 0) is 14.0 Å². The third-order valence-electron chi connectivity index (χ3n) is 6.77. The number of carbonyl (C=O) groups is 1. The number of carbonyl (C=O) groups excluding carboxylic acids is 1. The SMILES string of the molecule is CC(=O)OCCCCCCC/C=C\CCCCCCCCCCCO[Si](C)(C)C(C)(C)C. The summed E-state index contributed by atoms with van der Waals surface area (Å²) in [5.41, 5.74) is 0. The number of allylic oxidation sites excluding steroid dienone is 2. The smallest absolute Gasteiger partial charge is 0.302 e. The van der Waals surface area contributed by atoms with Gasteiger partial charge in [0.25, 0.3) is 0 Å². The van der Waals surface area contributed by atoms with Gasteiger partial charge in [-0.1, -0.05) is 97.1 Å². The minimum Gasteiger partial charge on any atom is -0.466 e. The van der Waals surface area contributed by atoms with Gasteiger partial charge in [0, 0.05) is 13.5 Å². The molecule has 0 aliphatic carbocycles. The molecule has 0 aliphatic rings. The maximum atomic E-state index is 10.7. The summed E-state index contributed by atoms with van der Waals surface area (Å²) < 4.78 is 11.2. The number of unbranched alkanes of at least 4 members (excludes halogenated alkanes) is 14. The first-order valence-electron chi connectivity index (χ1n) is 13.6. The first kappa shape index (κ1) is 31.4. The molecule has 0 saturated heterocycles. The van der Waals surface area contributed by atoms with Gasteiger partial charge in [-0.15, -0.1) is 0 Å². The molecule has 0 aromatic heterocycles. The van der Waals surface area contributed by atoms with E-state index in [1.807, 2.05) is 0 Å². The zero-order valence-electron chi connectivity index (χ0n) is 22.6. The molecular formula is C28H56O3Si. The van der Waals surface area contributed by atoms with E-state index in [-0.39, 0.29) is 5.97 Å². The molecule has 0 heterocycles. The van der Waals surface area contributed by atoms with Crippen LogP contribution in [-0.4, -0.2) is 27.5 Å². The summed E-state index contributed by atoms with van der Waals surface area (Å²) >= 11 is 0. The van der Waals surface area contributed by atoms with Crippen LogP contribution in [0.4, 0.5) is 0 Å².